The normalized spacial score (nSPS) is 25.4. The van der Waals surface area contributed by atoms with Crippen LogP contribution in [0.2, 0.25) is 0 Å². The Bertz CT molecular complexity index is 912. The van der Waals surface area contributed by atoms with Crippen molar-refractivity contribution in [2.24, 2.45) is 5.41 Å². The zero-order valence-electron chi connectivity index (χ0n) is 14.3. The predicted molar refractivity (Wildman–Crippen MR) is 95.4 cm³/mol. The smallest absolute Gasteiger partial charge is 0.165 e. The number of anilines is 1. The Kier molecular flexibility index (Phi) is 3.24. The summed E-state index contributed by atoms with van der Waals surface area (Å²) in [6.45, 7) is 2.28. The summed E-state index contributed by atoms with van der Waals surface area (Å²) in [4.78, 5) is 15.8. The summed E-state index contributed by atoms with van der Waals surface area (Å²) in [5.41, 5.74) is 2.27. The molecule has 1 N–H and O–H groups in total. The fourth-order valence-electron chi connectivity index (χ4n) is 4.17. The lowest BCUT2D eigenvalue weighted by Crippen LogP contribution is -2.37. The second-order valence-electron chi connectivity index (χ2n) is 7.18. The van der Waals surface area contributed by atoms with Gasteiger partial charge in [0.05, 0.1) is 23.5 Å². The van der Waals surface area contributed by atoms with Crippen LogP contribution in [0, 0.1) is 5.41 Å². The molecule has 2 aliphatic rings. The highest BCUT2D eigenvalue weighted by atomic mass is 15.3. The van der Waals surface area contributed by atoms with Crippen LogP contribution < -0.4 is 10.2 Å². The van der Waals surface area contributed by atoms with Crippen molar-refractivity contribution in [3.63, 3.8) is 0 Å². The first-order valence-corrected chi connectivity index (χ1v) is 8.81. The first kappa shape index (κ1) is 14.8. The SMILES string of the molecule is CN(c1ccnc(-c2cnn3ccncc23)n1)C1CC12CCCNC2. The van der Waals surface area contributed by atoms with Gasteiger partial charge in [0.1, 0.15) is 5.82 Å². The third kappa shape index (κ3) is 2.38. The average molecular weight is 335 g/mol. The van der Waals surface area contributed by atoms with Crippen LogP contribution in [-0.4, -0.2) is 50.7 Å². The third-order valence-electron chi connectivity index (χ3n) is 5.69. The third-order valence-corrected chi connectivity index (χ3v) is 5.69. The van der Waals surface area contributed by atoms with E-state index in [9.17, 15) is 0 Å². The van der Waals surface area contributed by atoms with E-state index in [0.29, 0.717) is 17.3 Å². The second kappa shape index (κ2) is 5.49. The zero-order valence-corrected chi connectivity index (χ0v) is 14.3. The number of hydrogen-bond acceptors (Lipinski definition) is 6. The van der Waals surface area contributed by atoms with Gasteiger partial charge in [-0.1, -0.05) is 0 Å². The van der Waals surface area contributed by atoms with E-state index in [1.54, 1.807) is 23.1 Å². The molecular weight excluding hydrogens is 314 g/mol. The lowest BCUT2D eigenvalue weighted by atomic mass is 9.95. The first-order chi connectivity index (χ1) is 12.3. The molecule has 1 aliphatic carbocycles. The average Bonchev–Trinajstić information content (AvgIpc) is 3.17. The highest BCUT2D eigenvalue weighted by Crippen LogP contribution is 2.53. The molecule has 3 aromatic rings. The molecule has 1 aliphatic heterocycles. The molecule has 0 bridgehead atoms. The standard InChI is InChI=1S/C18H21N7/c1-24(15-9-18(15)4-2-5-20-12-18)16-3-6-21-17(23-16)13-10-22-25-8-7-19-11-14(13)25/h3,6-8,10-11,15,20H,2,4-5,9,12H2,1H3. The van der Waals surface area contributed by atoms with Crippen LogP contribution in [-0.2, 0) is 0 Å². The molecule has 0 aromatic carbocycles. The molecule has 3 aromatic heterocycles. The maximum atomic E-state index is 4.82. The maximum absolute atomic E-state index is 4.82. The molecule has 5 rings (SSSR count). The Morgan fingerprint density at radius 1 is 1.32 bits per heavy atom. The van der Waals surface area contributed by atoms with E-state index in [-0.39, 0.29) is 0 Å². The summed E-state index contributed by atoms with van der Waals surface area (Å²) in [5.74, 6) is 1.67. The minimum Gasteiger partial charge on any atom is -0.356 e. The zero-order chi connectivity index (χ0) is 16.9. The molecule has 1 saturated heterocycles. The van der Waals surface area contributed by atoms with Crippen molar-refractivity contribution in [3.05, 3.63) is 37.1 Å². The van der Waals surface area contributed by atoms with Crippen molar-refractivity contribution in [2.45, 2.75) is 25.3 Å². The van der Waals surface area contributed by atoms with Gasteiger partial charge in [-0.05, 0) is 31.9 Å². The summed E-state index contributed by atoms with van der Waals surface area (Å²) in [6, 6.07) is 2.56. The second-order valence-corrected chi connectivity index (χ2v) is 7.18. The number of nitrogens with one attached hydrogen (secondary N) is 1. The topological polar surface area (TPSA) is 71.2 Å². The van der Waals surface area contributed by atoms with Crippen LogP contribution in [0.25, 0.3) is 16.9 Å². The van der Waals surface area contributed by atoms with Crippen molar-refractivity contribution in [3.8, 4) is 11.4 Å². The van der Waals surface area contributed by atoms with Crippen LogP contribution in [0.4, 0.5) is 5.82 Å². The van der Waals surface area contributed by atoms with Crippen LogP contribution in [0.3, 0.4) is 0 Å². The lowest BCUT2D eigenvalue weighted by molar-refractivity contribution is 0.344. The van der Waals surface area contributed by atoms with Crippen LogP contribution in [0.15, 0.2) is 37.1 Å². The minimum atomic E-state index is 0.437. The summed E-state index contributed by atoms with van der Waals surface area (Å²) in [5, 5.41) is 7.91. The van der Waals surface area contributed by atoms with E-state index in [4.69, 9.17) is 4.98 Å². The number of fused-ring (bicyclic) bond motifs is 1. The summed E-state index contributed by atoms with van der Waals surface area (Å²) >= 11 is 0. The molecule has 7 nitrogen and oxygen atoms in total. The van der Waals surface area contributed by atoms with Gasteiger partial charge in [0.2, 0.25) is 0 Å². The summed E-state index contributed by atoms with van der Waals surface area (Å²) in [6.07, 6.45) is 12.8. The van der Waals surface area contributed by atoms with Crippen molar-refractivity contribution >= 4 is 11.3 Å². The van der Waals surface area contributed by atoms with Crippen LogP contribution in [0.1, 0.15) is 19.3 Å². The van der Waals surface area contributed by atoms with Gasteiger partial charge in [-0.15, -0.1) is 0 Å². The molecule has 2 fully saturated rings. The number of nitrogens with zero attached hydrogens (tertiary/aromatic N) is 6. The highest BCUT2D eigenvalue weighted by Gasteiger charge is 2.56. The summed E-state index contributed by atoms with van der Waals surface area (Å²) < 4.78 is 1.80. The van der Waals surface area contributed by atoms with Crippen molar-refractivity contribution < 1.29 is 0 Å². The first-order valence-electron chi connectivity index (χ1n) is 8.81. The Hall–Kier alpha value is -2.54. The van der Waals surface area contributed by atoms with Gasteiger partial charge >= 0.3 is 0 Å². The molecule has 0 radical (unpaired) electrons. The van der Waals surface area contributed by atoms with Gasteiger partial charge < -0.3 is 10.2 Å². The molecule has 1 saturated carbocycles. The number of aromatic nitrogens is 5. The molecule has 7 heteroatoms. The maximum Gasteiger partial charge on any atom is 0.165 e. The van der Waals surface area contributed by atoms with E-state index in [0.717, 1.165) is 30.0 Å². The highest BCUT2D eigenvalue weighted by molar-refractivity contribution is 5.75. The molecule has 25 heavy (non-hydrogen) atoms. The fraction of sp³-hybridized carbons (Fsp3) is 0.444. The Morgan fingerprint density at radius 3 is 3.16 bits per heavy atom. The van der Waals surface area contributed by atoms with Gasteiger partial charge in [0, 0.05) is 43.6 Å². The van der Waals surface area contributed by atoms with Crippen molar-refractivity contribution in [1.82, 2.24) is 29.9 Å². The predicted octanol–water partition coefficient (Wildman–Crippen LogP) is 1.76. The molecule has 2 unspecified atom stereocenters. The van der Waals surface area contributed by atoms with Gasteiger partial charge in [-0.3, -0.25) is 4.98 Å². The van der Waals surface area contributed by atoms with Crippen molar-refractivity contribution in [1.29, 1.82) is 0 Å². The largest absolute Gasteiger partial charge is 0.356 e. The van der Waals surface area contributed by atoms with Gasteiger partial charge in [-0.2, -0.15) is 5.10 Å². The molecular formula is C18H21N7. The van der Waals surface area contributed by atoms with E-state index in [1.807, 2.05) is 18.5 Å². The van der Waals surface area contributed by atoms with E-state index in [2.05, 4.69) is 32.3 Å². The van der Waals surface area contributed by atoms with Crippen LogP contribution >= 0.6 is 0 Å². The molecule has 1 spiro atoms. The molecule has 0 amide bonds. The number of rotatable bonds is 3. The van der Waals surface area contributed by atoms with Gasteiger partial charge in [-0.25, -0.2) is 14.5 Å². The van der Waals surface area contributed by atoms with Gasteiger partial charge in [0.25, 0.3) is 0 Å². The quantitative estimate of drug-likeness (QED) is 0.786. The van der Waals surface area contributed by atoms with Crippen LogP contribution in [0.5, 0.6) is 0 Å². The number of piperidine rings is 1. The Labute approximate surface area is 146 Å². The minimum absolute atomic E-state index is 0.437. The van der Waals surface area contributed by atoms with Gasteiger partial charge in [0.15, 0.2) is 5.82 Å². The Balaban J connectivity index is 1.45. The summed E-state index contributed by atoms with van der Waals surface area (Å²) in [7, 11) is 2.15. The van der Waals surface area contributed by atoms with E-state index in [1.165, 1.54) is 19.3 Å². The van der Waals surface area contributed by atoms with Crippen molar-refractivity contribution in [2.75, 3.05) is 25.0 Å². The van der Waals surface area contributed by atoms with E-state index >= 15 is 0 Å². The Morgan fingerprint density at radius 2 is 2.28 bits per heavy atom. The lowest BCUT2D eigenvalue weighted by Gasteiger charge is -2.27. The molecule has 128 valence electrons. The monoisotopic (exact) mass is 335 g/mol. The molecule has 4 heterocycles. The number of hydrogen-bond donors (Lipinski definition) is 1. The molecule has 2 atom stereocenters. The van der Waals surface area contributed by atoms with E-state index < -0.39 is 0 Å². The fourth-order valence-corrected chi connectivity index (χ4v) is 4.17.